The molecule has 0 aliphatic carbocycles. The van der Waals surface area contributed by atoms with Crippen molar-refractivity contribution >= 4 is 23.2 Å². The van der Waals surface area contributed by atoms with Crippen LogP contribution in [0.5, 0.6) is 0 Å². The smallest absolute Gasteiger partial charge is 0.266 e. The predicted octanol–water partition coefficient (Wildman–Crippen LogP) is 5.14. The Morgan fingerprint density at radius 2 is 1.35 bits per heavy atom. The third kappa shape index (κ3) is 3.21. The summed E-state index contributed by atoms with van der Waals surface area (Å²) in [4.78, 5) is 34.2. The Labute approximate surface area is 194 Å². The number of benzene rings is 3. The minimum absolute atomic E-state index is 0.339. The summed E-state index contributed by atoms with van der Waals surface area (Å²) < 4.78 is 19.5. The van der Waals surface area contributed by atoms with Crippen molar-refractivity contribution in [2.24, 2.45) is 5.92 Å². The topological polar surface area (TPSA) is 63.0 Å². The Kier molecular flexibility index (Phi) is 4.78. The maximum absolute atomic E-state index is 13.6. The normalized spacial score (nSPS) is 21.9. The van der Waals surface area contributed by atoms with Gasteiger partial charge in [-0.15, -0.1) is 0 Å². The van der Waals surface area contributed by atoms with Crippen LogP contribution in [0.15, 0.2) is 101 Å². The van der Waals surface area contributed by atoms with Crippen molar-refractivity contribution in [1.82, 2.24) is 0 Å². The van der Waals surface area contributed by atoms with Crippen molar-refractivity contribution in [2.45, 2.75) is 12.1 Å². The summed E-state index contributed by atoms with van der Waals surface area (Å²) in [5.41, 5.74) is 1.91. The number of halogens is 1. The maximum atomic E-state index is 13.6. The number of hydrogen-bond donors (Lipinski definition) is 0. The number of nitrogens with zero attached hydrogens (tertiary/aromatic N) is 2. The SMILES string of the molecule is O=C1[C@H]2[C@@H](c3ccc(-c4ccc(F)cc4)o3)N(c3ccccc3)O[C@H]2C(=O)N1c1ccccc1. The van der Waals surface area contributed by atoms with Gasteiger partial charge in [0, 0.05) is 5.56 Å². The van der Waals surface area contributed by atoms with Crippen LogP contribution >= 0.6 is 0 Å². The van der Waals surface area contributed by atoms with E-state index in [0.29, 0.717) is 28.5 Å². The molecule has 2 saturated heterocycles. The van der Waals surface area contributed by atoms with Crippen molar-refractivity contribution < 1.29 is 23.2 Å². The Balaban J connectivity index is 1.42. The number of fused-ring (bicyclic) bond motifs is 1. The molecule has 2 amide bonds. The number of carbonyl (C=O) groups excluding carboxylic acids is 2. The van der Waals surface area contributed by atoms with E-state index in [1.807, 2.05) is 36.4 Å². The fourth-order valence-corrected chi connectivity index (χ4v) is 4.61. The molecular weight excluding hydrogens is 435 g/mol. The zero-order valence-corrected chi connectivity index (χ0v) is 17.9. The molecule has 3 heterocycles. The van der Waals surface area contributed by atoms with E-state index in [4.69, 9.17) is 9.25 Å². The third-order valence-corrected chi connectivity index (χ3v) is 6.19. The minimum atomic E-state index is -0.975. The quantitative estimate of drug-likeness (QED) is 0.400. The second-order valence-electron chi connectivity index (χ2n) is 8.21. The van der Waals surface area contributed by atoms with Gasteiger partial charge < -0.3 is 4.42 Å². The van der Waals surface area contributed by atoms with Gasteiger partial charge in [0.05, 0.1) is 11.4 Å². The van der Waals surface area contributed by atoms with E-state index in [9.17, 15) is 14.0 Å². The van der Waals surface area contributed by atoms with Gasteiger partial charge in [-0.25, -0.2) is 14.4 Å². The number of hydroxylamine groups is 1. The molecule has 34 heavy (non-hydrogen) atoms. The lowest BCUT2D eigenvalue weighted by molar-refractivity contribution is -0.126. The van der Waals surface area contributed by atoms with E-state index >= 15 is 0 Å². The second-order valence-corrected chi connectivity index (χ2v) is 8.21. The number of anilines is 2. The summed E-state index contributed by atoms with van der Waals surface area (Å²) in [6.45, 7) is 0. The van der Waals surface area contributed by atoms with E-state index < -0.39 is 24.0 Å². The van der Waals surface area contributed by atoms with Crippen LogP contribution in [0.1, 0.15) is 11.8 Å². The van der Waals surface area contributed by atoms with Gasteiger partial charge in [0.25, 0.3) is 5.91 Å². The van der Waals surface area contributed by atoms with Gasteiger partial charge in [0.15, 0.2) is 6.10 Å². The highest BCUT2D eigenvalue weighted by molar-refractivity contribution is 6.23. The van der Waals surface area contributed by atoms with E-state index in [2.05, 4.69) is 0 Å². The number of carbonyl (C=O) groups is 2. The molecule has 2 aliphatic rings. The lowest BCUT2D eigenvalue weighted by atomic mass is 9.94. The van der Waals surface area contributed by atoms with Gasteiger partial charge in [0.1, 0.15) is 29.3 Å². The van der Waals surface area contributed by atoms with E-state index in [0.717, 1.165) is 0 Å². The third-order valence-electron chi connectivity index (χ3n) is 6.19. The van der Waals surface area contributed by atoms with Crippen LogP contribution in [0, 0.1) is 11.7 Å². The van der Waals surface area contributed by atoms with Crippen LogP contribution in [-0.2, 0) is 14.4 Å². The Morgan fingerprint density at radius 3 is 2.03 bits per heavy atom. The molecule has 4 aromatic rings. The summed E-state index contributed by atoms with van der Waals surface area (Å²) in [6, 6.07) is 27.0. The molecule has 6 rings (SSSR count). The summed E-state index contributed by atoms with van der Waals surface area (Å²) >= 11 is 0. The lowest BCUT2D eigenvalue weighted by Gasteiger charge is -2.27. The second kappa shape index (κ2) is 7.97. The Morgan fingerprint density at radius 1 is 0.706 bits per heavy atom. The van der Waals surface area contributed by atoms with Crippen LogP contribution < -0.4 is 9.96 Å². The van der Waals surface area contributed by atoms with Gasteiger partial charge in [-0.3, -0.25) is 14.4 Å². The molecule has 0 spiro atoms. The van der Waals surface area contributed by atoms with E-state index in [1.54, 1.807) is 53.6 Å². The molecule has 2 aliphatic heterocycles. The van der Waals surface area contributed by atoms with Crippen LogP contribution in [0.2, 0.25) is 0 Å². The Hall–Kier alpha value is -4.23. The highest BCUT2D eigenvalue weighted by Crippen LogP contribution is 2.48. The minimum Gasteiger partial charge on any atom is -0.459 e. The van der Waals surface area contributed by atoms with E-state index in [1.165, 1.54) is 17.0 Å². The predicted molar refractivity (Wildman–Crippen MR) is 123 cm³/mol. The molecule has 0 bridgehead atoms. The first-order chi connectivity index (χ1) is 16.6. The maximum Gasteiger partial charge on any atom is 0.266 e. The fraction of sp³-hybridized carbons (Fsp3) is 0.111. The lowest BCUT2D eigenvalue weighted by Crippen LogP contribution is -2.37. The molecule has 0 radical (unpaired) electrons. The number of rotatable bonds is 4. The summed E-state index contributed by atoms with van der Waals surface area (Å²) in [7, 11) is 0. The van der Waals surface area contributed by atoms with Crippen LogP contribution in [-0.4, -0.2) is 17.9 Å². The van der Waals surface area contributed by atoms with Gasteiger partial charge in [-0.05, 0) is 60.7 Å². The molecule has 0 unspecified atom stereocenters. The monoisotopic (exact) mass is 454 g/mol. The first kappa shape index (κ1) is 20.4. The zero-order chi connectivity index (χ0) is 23.2. The van der Waals surface area contributed by atoms with Crippen molar-refractivity contribution in [3.8, 4) is 11.3 Å². The van der Waals surface area contributed by atoms with Crippen LogP contribution in [0.4, 0.5) is 15.8 Å². The standard InChI is InChI=1S/C27H19FN2O4/c28-18-13-11-17(12-14-18)21-15-16-22(33-21)24-23-25(34-30(24)20-9-5-2-6-10-20)27(32)29(26(23)31)19-7-3-1-4-8-19/h1-16,23-25H/t23-,24+,25+/m0/s1. The number of hydrogen-bond acceptors (Lipinski definition) is 5. The summed E-state index contributed by atoms with van der Waals surface area (Å²) in [5.74, 6) is -0.872. The number of amides is 2. The molecule has 168 valence electrons. The first-order valence-corrected chi connectivity index (χ1v) is 10.9. The molecule has 2 fully saturated rings. The van der Waals surface area contributed by atoms with Crippen molar-refractivity contribution in [1.29, 1.82) is 0 Å². The molecule has 6 nitrogen and oxygen atoms in total. The van der Waals surface area contributed by atoms with Crippen molar-refractivity contribution in [2.75, 3.05) is 9.96 Å². The molecule has 7 heteroatoms. The fourth-order valence-electron chi connectivity index (χ4n) is 4.61. The van der Waals surface area contributed by atoms with Gasteiger partial charge in [-0.2, -0.15) is 0 Å². The summed E-state index contributed by atoms with van der Waals surface area (Å²) in [5, 5.41) is 1.58. The number of imide groups is 1. The highest BCUT2D eigenvalue weighted by atomic mass is 19.1. The average molecular weight is 454 g/mol. The highest BCUT2D eigenvalue weighted by Gasteiger charge is 2.61. The number of para-hydroxylation sites is 2. The van der Waals surface area contributed by atoms with Gasteiger partial charge >= 0.3 is 0 Å². The molecule has 0 N–H and O–H groups in total. The molecule has 0 saturated carbocycles. The molecule has 1 aromatic heterocycles. The van der Waals surface area contributed by atoms with Crippen molar-refractivity contribution in [3.63, 3.8) is 0 Å². The first-order valence-electron chi connectivity index (χ1n) is 10.9. The molecular formula is C27H19FN2O4. The molecule has 3 aromatic carbocycles. The van der Waals surface area contributed by atoms with E-state index in [-0.39, 0.29) is 11.7 Å². The van der Waals surface area contributed by atoms with Gasteiger partial charge in [0.2, 0.25) is 5.91 Å². The Bertz CT molecular complexity index is 1350. The van der Waals surface area contributed by atoms with Gasteiger partial charge in [-0.1, -0.05) is 36.4 Å². The van der Waals surface area contributed by atoms with Crippen LogP contribution in [0.25, 0.3) is 11.3 Å². The zero-order valence-electron chi connectivity index (χ0n) is 17.9. The molecule has 3 atom stereocenters. The van der Waals surface area contributed by atoms with Crippen molar-refractivity contribution in [3.05, 3.63) is 109 Å². The number of furan rings is 1. The largest absolute Gasteiger partial charge is 0.459 e. The summed E-state index contributed by atoms with van der Waals surface area (Å²) in [6.07, 6.45) is -0.975. The van der Waals surface area contributed by atoms with Crippen LogP contribution in [0.3, 0.4) is 0 Å². The average Bonchev–Trinajstić information content (AvgIpc) is 3.56.